The molecule has 4 heteroatoms. The van der Waals surface area contributed by atoms with Gasteiger partial charge in [0.15, 0.2) is 0 Å². The molecule has 1 amide bonds. The maximum atomic E-state index is 10.7. The van der Waals surface area contributed by atoms with Crippen molar-refractivity contribution in [3.63, 3.8) is 0 Å². The summed E-state index contributed by atoms with van der Waals surface area (Å²) >= 11 is 0. The quantitative estimate of drug-likeness (QED) is 0.839. The molecule has 0 radical (unpaired) electrons. The highest BCUT2D eigenvalue weighted by Crippen LogP contribution is 2.37. The van der Waals surface area contributed by atoms with Crippen molar-refractivity contribution in [3.8, 4) is 0 Å². The van der Waals surface area contributed by atoms with Crippen LogP contribution in [0, 0.1) is 0 Å². The molecular weight excluding hydrogens is 228 g/mol. The van der Waals surface area contributed by atoms with Crippen LogP contribution in [0.2, 0.25) is 0 Å². The first-order chi connectivity index (χ1) is 8.74. The highest BCUT2D eigenvalue weighted by Gasteiger charge is 2.33. The Bertz CT molecular complexity index is 461. The number of nitrogens with zero attached hydrogens (tertiary/aromatic N) is 1. The van der Waals surface area contributed by atoms with Gasteiger partial charge in [-0.3, -0.25) is 4.90 Å². The van der Waals surface area contributed by atoms with E-state index in [1.54, 1.807) is 0 Å². The fourth-order valence-electron chi connectivity index (χ4n) is 3.28. The fraction of sp³-hybridized carbons (Fsp3) is 0.500. The van der Waals surface area contributed by atoms with Gasteiger partial charge in [0, 0.05) is 25.2 Å². The molecule has 1 fully saturated rings. The first-order valence-corrected chi connectivity index (χ1v) is 6.55. The first kappa shape index (κ1) is 11.5. The number of aryl methyl sites for hydroxylation is 1. The Balaban J connectivity index is 1.69. The topological polar surface area (TPSA) is 52.6 Å². The van der Waals surface area contributed by atoms with Gasteiger partial charge < -0.3 is 10.4 Å². The van der Waals surface area contributed by atoms with Gasteiger partial charge in [0.05, 0.1) is 0 Å². The number of fused-ring (bicyclic) bond motifs is 1. The maximum Gasteiger partial charge on any atom is 0.404 e. The first-order valence-electron chi connectivity index (χ1n) is 6.55. The van der Waals surface area contributed by atoms with Crippen LogP contribution in [0.3, 0.4) is 0 Å². The molecule has 0 unspecified atom stereocenters. The van der Waals surface area contributed by atoms with E-state index in [1.165, 1.54) is 17.5 Å². The lowest BCUT2D eigenvalue weighted by molar-refractivity contribution is 0.187. The molecule has 1 aliphatic carbocycles. The van der Waals surface area contributed by atoms with E-state index in [-0.39, 0.29) is 6.04 Å². The van der Waals surface area contributed by atoms with Gasteiger partial charge in [-0.05, 0) is 30.4 Å². The Morgan fingerprint density at radius 2 is 2.17 bits per heavy atom. The van der Waals surface area contributed by atoms with E-state index < -0.39 is 6.09 Å². The second-order valence-corrected chi connectivity index (χ2v) is 5.18. The summed E-state index contributed by atoms with van der Waals surface area (Å²) in [6, 6.07) is 9.20. The Hall–Kier alpha value is -1.55. The average Bonchev–Trinajstić information content (AvgIpc) is 2.94. The average molecular weight is 246 g/mol. The number of benzene rings is 1. The Morgan fingerprint density at radius 1 is 1.33 bits per heavy atom. The SMILES string of the molecule is O=C(O)N[C@H]1CCN([C@@H]2CCc3ccccc32)C1. The second-order valence-electron chi connectivity index (χ2n) is 5.18. The largest absolute Gasteiger partial charge is 0.465 e. The third kappa shape index (κ3) is 2.08. The molecule has 3 rings (SSSR count). The molecule has 96 valence electrons. The second kappa shape index (κ2) is 4.61. The Labute approximate surface area is 107 Å². The van der Waals surface area contributed by atoms with E-state index in [0.717, 1.165) is 25.9 Å². The molecule has 2 aliphatic rings. The summed E-state index contributed by atoms with van der Waals surface area (Å²) in [6.07, 6.45) is 2.33. The predicted molar refractivity (Wildman–Crippen MR) is 68.6 cm³/mol. The number of hydrogen-bond donors (Lipinski definition) is 2. The van der Waals surface area contributed by atoms with Gasteiger partial charge in [-0.25, -0.2) is 4.79 Å². The molecule has 1 aromatic rings. The van der Waals surface area contributed by atoms with E-state index in [2.05, 4.69) is 34.5 Å². The van der Waals surface area contributed by atoms with Crippen molar-refractivity contribution in [2.45, 2.75) is 31.3 Å². The number of amides is 1. The minimum Gasteiger partial charge on any atom is -0.465 e. The van der Waals surface area contributed by atoms with Crippen molar-refractivity contribution in [2.24, 2.45) is 0 Å². The molecule has 1 heterocycles. The molecule has 2 atom stereocenters. The van der Waals surface area contributed by atoms with Crippen LogP contribution in [0.4, 0.5) is 4.79 Å². The van der Waals surface area contributed by atoms with Crippen molar-refractivity contribution >= 4 is 6.09 Å². The van der Waals surface area contributed by atoms with Gasteiger partial charge in [-0.2, -0.15) is 0 Å². The van der Waals surface area contributed by atoms with Gasteiger partial charge in [-0.15, -0.1) is 0 Å². The van der Waals surface area contributed by atoms with Crippen LogP contribution in [0.1, 0.15) is 30.0 Å². The molecular formula is C14H18N2O2. The summed E-state index contributed by atoms with van der Waals surface area (Å²) in [7, 11) is 0. The van der Waals surface area contributed by atoms with Crippen LogP contribution in [-0.4, -0.2) is 35.2 Å². The number of carboxylic acid groups (broad SMARTS) is 1. The number of carbonyl (C=O) groups is 1. The Kier molecular flexibility index (Phi) is 2.96. The zero-order chi connectivity index (χ0) is 12.5. The van der Waals surface area contributed by atoms with Crippen molar-refractivity contribution in [1.82, 2.24) is 10.2 Å². The molecule has 0 spiro atoms. The van der Waals surface area contributed by atoms with Gasteiger partial charge in [-0.1, -0.05) is 24.3 Å². The molecule has 1 saturated heterocycles. The molecule has 4 nitrogen and oxygen atoms in total. The lowest BCUT2D eigenvalue weighted by atomic mass is 10.1. The number of hydrogen-bond acceptors (Lipinski definition) is 2. The standard InChI is InChI=1S/C14H18N2O2/c17-14(18)15-11-7-8-16(9-11)13-6-5-10-3-1-2-4-12(10)13/h1-4,11,13,15H,5-9H2,(H,17,18)/t11-,13+/m0/s1. The third-order valence-electron chi connectivity index (χ3n) is 4.09. The van der Waals surface area contributed by atoms with Crippen LogP contribution < -0.4 is 5.32 Å². The van der Waals surface area contributed by atoms with Crippen molar-refractivity contribution in [2.75, 3.05) is 13.1 Å². The molecule has 1 aliphatic heterocycles. The normalized spacial score (nSPS) is 27.1. The van der Waals surface area contributed by atoms with Crippen molar-refractivity contribution in [3.05, 3.63) is 35.4 Å². The van der Waals surface area contributed by atoms with Gasteiger partial charge >= 0.3 is 6.09 Å². The molecule has 0 saturated carbocycles. The third-order valence-corrected chi connectivity index (χ3v) is 4.09. The van der Waals surface area contributed by atoms with Gasteiger partial charge in [0.2, 0.25) is 0 Å². The zero-order valence-electron chi connectivity index (χ0n) is 10.3. The summed E-state index contributed by atoms with van der Waals surface area (Å²) in [4.78, 5) is 13.1. The van der Waals surface area contributed by atoms with E-state index in [0.29, 0.717) is 6.04 Å². The molecule has 1 aromatic carbocycles. The highest BCUT2D eigenvalue weighted by molar-refractivity contribution is 5.64. The van der Waals surface area contributed by atoms with E-state index >= 15 is 0 Å². The maximum absolute atomic E-state index is 10.7. The van der Waals surface area contributed by atoms with Crippen LogP contribution in [-0.2, 0) is 6.42 Å². The van der Waals surface area contributed by atoms with Crippen LogP contribution >= 0.6 is 0 Å². The van der Waals surface area contributed by atoms with Gasteiger partial charge in [0.1, 0.15) is 0 Å². The lowest BCUT2D eigenvalue weighted by Crippen LogP contribution is -2.36. The predicted octanol–water partition coefficient (Wildman–Crippen LogP) is 2.02. The van der Waals surface area contributed by atoms with Crippen molar-refractivity contribution in [1.29, 1.82) is 0 Å². The minimum atomic E-state index is -0.909. The lowest BCUT2D eigenvalue weighted by Gasteiger charge is -2.24. The highest BCUT2D eigenvalue weighted by atomic mass is 16.4. The monoisotopic (exact) mass is 246 g/mol. The summed E-state index contributed by atoms with van der Waals surface area (Å²) in [5.41, 5.74) is 2.89. The smallest absolute Gasteiger partial charge is 0.404 e. The van der Waals surface area contributed by atoms with E-state index in [9.17, 15) is 4.79 Å². The molecule has 18 heavy (non-hydrogen) atoms. The van der Waals surface area contributed by atoms with Crippen molar-refractivity contribution < 1.29 is 9.90 Å². The van der Waals surface area contributed by atoms with E-state index in [4.69, 9.17) is 5.11 Å². The fourth-order valence-corrected chi connectivity index (χ4v) is 3.28. The number of likely N-dealkylation sites (tertiary alicyclic amines) is 1. The summed E-state index contributed by atoms with van der Waals surface area (Å²) < 4.78 is 0. The van der Waals surface area contributed by atoms with Crippen LogP contribution in [0.25, 0.3) is 0 Å². The summed E-state index contributed by atoms with van der Waals surface area (Å²) in [5, 5.41) is 11.3. The molecule has 0 aromatic heterocycles. The Morgan fingerprint density at radius 3 is 3.00 bits per heavy atom. The molecule has 2 N–H and O–H groups in total. The zero-order valence-corrected chi connectivity index (χ0v) is 10.3. The minimum absolute atomic E-state index is 0.0928. The summed E-state index contributed by atoms with van der Waals surface area (Å²) in [5.74, 6) is 0. The molecule has 0 bridgehead atoms. The van der Waals surface area contributed by atoms with Crippen LogP contribution in [0.15, 0.2) is 24.3 Å². The number of nitrogens with one attached hydrogen (secondary N) is 1. The van der Waals surface area contributed by atoms with Crippen LogP contribution in [0.5, 0.6) is 0 Å². The van der Waals surface area contributed by atoms with E-state index in [1.807, 2.05) is 0 Å². The number of rotatable bonds is 2. The van der Waals surface area contributed by atoms with Gasteiger partial charge in [0.25, 0.3) is 0 Å². The summed E-state index contributed by atoms with van der Waals surface area (Å²) in [6.45, 7) is 1.83.